The molecule has 3 rings (SSSR count). The number of carbonyl (C=O) groups excluding carboxylic acids is 2. The first-order valence-corrected chi connectivity index (χ1v) is 7.98. The third-order valence-electron chi connectivity index (χ3n) is 4.05. The zero-order chi connectivity index (χ0) is 16.9. The van der Waals surface area contributed by atoms with Gasteiger partial charge in [0.25, 0.3) is 11.8 Å². The fourth-order valence-electron chi connectivity index (χ4n) is 2.74. The minimum absolute atomic E-state index is 0.0125. The fourth-order valence-corrected chi connectivity index (χ4v) is 2.74. The van der Waals surface area contributed by atoms with Crippen molar-refractivity contribution in [3.8, 4) is 0 Å². The molecule has 1 aliphatic heterocycles. The number of nitrogens with one attached hydrogen (secondary N) is 2. The number of anilines is 1. The van der Waals surface area contributed by atoms with Crippen molar-refractivity contribution < 1.29 is 9.59 Å². The molecule has 24 heavy (non-hydrogen) atoms. The number of pyridine rings is 1. The van der Waals surface area contributed by atoms with Crippen molar-refractivity contribution in [1.29, 1.82) is 0 Å². The van der Waals surface area contributed by atoms with E-state index in [0.717, 1.165) is 13.1 Å². The standard InChI is InChI=1S/C18H20N4O2/c1-13-11-20-8-9-22(13)18(24)14-4-2-6-16(10-14)21-17(23)15-5-3-7-19-12-15/h2-7,10,12-13,20H,8-9,11H2,1H3,(H,21,23)/t13-/m1/s1. The predicted octanol–water partition coefficient (Wildman–Crippen LogP) is 1.77. The summed E-state index contributed by atoms with van der Waals surface area (Å²) in [6.45, 7) is 4.31. The van der Waals surface area contributed by atoms with Gasteiger partial charge < -0.3 is 15.5 Å². The first kappa shape index (κ1) is 16.1. The molecule has 1 saturated heterocycles. The van der Waals surface area contributed by atoms with Gasteiger partial charge in [0.05, 0.1) is 5.56 Å². The van der Waals surface area contributed by atoms with Crippen LogP contribution in [-0.2, 0) is 0 Å². The molecule has 1 aromatic carbocycles. The lowest BCUT2D eigenvalue weighted by atomic mass is 10.1. The summed E-state index contributed by atoms with van der Waals surface area (Å²) in [5.74, 6) is -0.260. The van der Waals surface area contributed by atoms with E-state index in [4.69, 9.17) is 0 Å². The van der Waals surface area contributed by atoms with Gasteiger partial charge >= 0.3 is 0 Å². The molecule has 0 bridgehead atoms. The molecule has 0 spiro atoms. The molecule has 1 aliphatic rings. The van der Waals surface area contributed by atoms with Gasteiger partial charge in [0, 0.05) is 49.3 Å². The number of hydrogen-bond acceptors (Lipinski definition) is 4. The van der Waals surface area contributed by atoms with E-state index in [9.17, 15) is 9.59 Å². The third-order valence-corrected chi connectivity index (χ3v) is 4.05. The number of hydrogen-bond donors (Lipinski definition) is 2. The summed E-state index contributed by atoms with van der Waals surface area (Å²) >= 11 is 0. The molecule has 2 N–H and O–H groups in total. The van der Waals surface area contributed by atoms with Gasteiger partial charge in [-0.3, -0.25) is 14.6 Å². The number of benzene rings is 1. The minimum atomic E-state index is -0.247. The smallest absolute Gasteiger partial charge is 0.257 e. The van der Waals surface area contributed by atoms with E-state index in [0.29, 0.717) is 23.4 Å². The first-order chi connectivity index (χ1) is 11.6. The molecule has 2 heterocycles. The Bertz CT molecular complexity index is 733. The average molecular weight is 324 g/mol. The van der Waals surface area contributed by atoms with E-state index < -0.39 is 0 Å². The number of aromatic nitrogens is 1. The summed E-state index contributed by atoms with van der Waals surface area (Å²) in [4.78, 5) is 30.7. The van der Waals surface area contributed by atoms with E-state index in [1.165, 1.54) is 6.20 Å². The summed E-state index contributed by atoms with van der Waals surface area (Å²) in [7, 11) is 0. The minimum Gasteiger partial charge on any atom is -0.333 e. The number of piperazine rings is 1. The van der Waals surface area contributed by atoms with E-state index in [2.05, 4.69) is 15.6 Å². The van der Waals surface area contributed by atoms with Crippen LogP contribution in [0.4, 0.5) is 5.69 Å². The Hall–Kier alpha value is -2.73. The maximum absolute atomic E-state index is 12.7. The largest absolute Gasteiger partial charge is 0.333 e. The summed E-state index contributed by atoms with van der Waals surface area (Å²) in [6.07, 6.45) is 3.12. The second kappa shape index (κ2) is 7.23. The summed E-state index contributed by atoms with van der Waals surface area (Å²) in [6, 6.07) is 10.6. The highest BCUT2D eigenvalue weighted by molar-refractivity contribution is 6.05. The summed E-state index contributed by atoms with van der Waals surface area (Å²) < 4.78 is 0. The maximum atomic E-state index is 12.7. The third kappa shape index (κ3) is 3.60. The SMILES string of the molecule is C[C@@H]1CNCCN1C(=O)c1cccc(NC(=O)c2cccnc2)c1. The zero-order valence-corrected chi connectivity index (χ0v) is 13.5. The van der Waals surface area contributed by atoms with Crippen LogP contribution < -0.4 is 10.6 Å². The molecular weight excluding hydrogens is 304 g/mol. The molecule has 0 radical (unpaired) electrons. The van der Waals surface area contributed by atoms with Crippen molar-refractivity contribution >= 4 is 17.5 Å². The van der Waals surface area contributed by atoms with Crippen molar-refractivity contribution in [2.75, 3.05) is 25.0 Å². The van der Waals surface area contributed by atoms with Crippen molar-refractivity contribution in [1.82, 2.24) is 15.2 Å². The van der Waals surface area contributed by atoms with Crippen LogP contribution in [0.25, 0.3) is 0 Å². The van der Waals surface area contributed by atoms with Gasteiger partial charge in [-0.1, -0.05) is 6.07 Å². The molecule has 2 amide bonds. The van der Waals surface area contributed by atoms with Gasteiger partial charge in [0.2, 0.25) is 0 Å². The van der Waals surface area contributed by atoms with E-state index in [1.54, 1.807) is 42.6 Å². The molecular formula is C18H20N4O2. The first-order valence-electron chi connectivity index (χ1n) is 7.98. The van der Waals surface area contributed by atoms with E-state index in [1.807, 2.05) is 11.8 Å². The molecule has 1 atom stereocenters. The lowest BCUT2D eigenvalue weighted by Crippen LogP contribution is -2.52. The van der Waals surface area contributed by atoms with E-state index >= 15 is 0 Å². The normalized spacial score (nSPS) is 17.4. The van der Waals surface area contributed by atoms with Crippen LogP contribution in [0.2, 0.25) is 0 Å². The Morgan fingerprint density at radius 2 is 2.08 bits per heavy atom. The topological polar surface area (TPSA) is 74.3 Å². The Labute approximate surface area is 140 Å². The van der Waals surface area contributed by atoms with Crippen LogP contribution in [0.5, 0.6) is 0 Å². The van der Waals surface area contributed by atoms with Gasteiger partial charge in [0.15, 0.2) is 0 Å². The molecule has 0 aliphatic carbocycles. The monoisotopic (exact) mass is 324 g/mol. The molecule has 2 aromatic rings. The van der Waals surface area contributed by atoms with Crippen molar-refractivity contribution in [2.24, 2.45) is 0 Å². The van der Waals surface area contributed by atoms with Gasteiger partial charge in [-0.05, 0) is 37.3 Å². The maximum Gasteiger partial charge on any atom is 0.257 e. The van der Waals surface area contributed by atoms with Crippen LogP contribution in [-0.4, -0.2) is 47.4 Å². The van der Waals surface area contributed by atoms with Crippen LogP contribution >= 0.6 is 0 Å². The number of carbonyl (C=O) groups is 2. The lowest BCUT2D eigenvalue weighted by Gasteiger charge is -2.34. The van der Waals surface area contributed by atoms with E-state index in [-0.39, 0.29) is 17.9 Å². The Morgan fingerprint density at radius 3 is 2.83 bits per heavy atom. The highest BCUT2D eigenvalue weighted by Crippen LogP contribution is 2.16. The van der Waals surface area contributed by atoms with Gasteiger partial charge in [-0.15, -0.1) is 0 Å². The second-order valence-electron chi connectivity index (χ2n) is 5.83. The zero-order valence-electron chi connectivity index (χ0n) is 13.5. The number of amides is 2. The highest BCUT2D eigenvalue weighted by atomic mass is 16.2. The van der Waals surface area contributed by atoms with Gasteiger partial charge in [0.1, 0.15) is 0 Å². The van der Waals surface area contributed by atoms with Crippen molar-refractivity contribution in [3.63, 3.8) is 0 Å². The molecule has 1 fully saturated rings. The molecule has 6 heteroatoms. The molecule has 124 valence electrons. The highest BCUT2D eigenvalue weighted by Gasteiger charge is 2.24. The van der Waals surface area contributed by atoms with Crippen molar-refractivity contribution in [3.05, 3.63) is 59.9 Å². The molecule has 6 nitrogen and oxygen atoms in total. The van der Waals surface area contributed by atoms with Crippen LogP contribution in [0.15, 0.2) is 48.8 Å². The predicted molar refractivity (Wildman–Crippen MR) is 92.0 cm³/mol. The average Bonchev–Trinajstić information content (AvgIpc) is 2.62. The second-order valence-corrected chi connectivity index (χ2v) is 5.83. The van der Waals surface area contributed by atoms with Crippen LogP contribution in [0, 0.1) is 0 Å². The van der Waals surface area contributed by atoms with Gasteiger partial charge in [-0.25, -0.2) is 0 Å². The molecule has 0 unspecified atom stereocenters. The summed E-state index contributed by atoms with van der Waals surface area (Å²) in [5.41, 5.74) is 1.65. The molecule has 0 saturated carbocycles. The Balaban J connectivity index is 1.74. The Kier molecular flexibility index (Phi) is 4.86. The fraction of sp³-hybridized carbons (Fsp3) is 0.278. The van der Waals surface area contributed by atoms with Gasteiger partial charge in [-0.2, -0.15) is 0 Å². The quantitative estimate of drug-likeness (QED) is 0.902. The Morgan fingerprint density at radius 1 is 1.25 bits per heavy atom. The molecule has 1 aromatic heterocycles. The van der Waals surface area contributed by atoms with Crippen molar-refractivity contribution in [2.45, 2.75) is 13.0 Å². The number of nitrogens with zero attached hydrogens (tertiary/aromatic N) is 2. The lowest BCUT2D eigenvalue weighted by molar-refractivity contribution is 0.0655. The number of rotatable bonds is 3. The van der Waals surface area contributed by atoms with Crippen LogP contribution in [0.1, 0.15) is 27.6 Å². The van der Waals surface area contributed by atoms with Crippen LogP contribution in [0.3, 0.4) is 0 Å². The summed E-state index contributed by atoms with van der Waals surface area (Å²) in [5, 5.41) is 6.08.